The Hall–Kier alpha value is -1.38. The van der Waals surface area contributed by atoms with Crippen molar-refractivity contribution in [1.29, 1.82) is 0 Å². The van der Waals surface area contributed by atoms with Crippen LogP contribution in [0.2, 0.25) is 0 Å². The summed E-state index contributed by atoms with van der Waals surface area (Å²) in [5.74, 6) is -0.243. The van der Waals surface area contributed by atoms with Crippen molar-refractivity contribution in [2.45, 2.75) is 75.6 Å². The van der Waals surface area contributed by atoms with Crippen LogP contribution in [0.5, 0.6) is 5.75 Å². The molecule has 0 aromatic heterocycles. The summed E-state index contributed by atoms with van der Waals surface area (Å²) in [4.78, 5) is 4.20. The van der Waals surface area contributed by atoms with E-state index in [1.807, 2.05) is 0 Å². The van der Waals surface area contributed by atoms with Crippen LogP contribution in [0.15, 0.2) is 18.2 Å². The van der Waals surface area contributed by atoms with Gasteiger partial charge in [-0.3, -0.25) is 0 Å². The van der Waals surface area contributed by atoms with Gasteiger partial charge in [-0.25, -0.2) is 4.39 Å². The Bertz CT molecular complexity index is 757. The Labute approximate surface area is 188 Å². The van der Waals surface area contributed by atoms with E-state index in [0.717, 1.165) is 25.9 Å². The maximum Gasteiger partial charge on any atom is 0.418 e. The van der Waals surface area contributed by atoms with Crippen molar-refractivity contribution in [1.82, 2.24) is 9.80 Å². The second-order valence-electron chi connectivity index (χ2n) is 10.0. The molecule has 0 spiro atoms. The number of halogens is 4. The van der Waals surface area contributed by atoms with Gasteiger partial charge in [-0.15, -0.1) is 0 Å². The second-order valence-corrected chi connectivity index (χ2v) is 10.0. The number of methoxy groups -OCH3 is 1. The lowest BCUT2D eigenvalue weighted by Gasteiger charge is -2.44. The summed E-state index contributed by atoms with van der Waals surface area (Å²) in [6, 6.07) is 4.23. The SMILES string of the molecule is COc1ccc(F)cc1C(C)(C)CC(O)(CN1CCC(N2CCCCC2)CC1)C(F)(F)F. The van der Waals surface area contributed by atoms with E-state index in [1.165, 1.54) is 44.6 Å². The first-order valence-corrected chi connectivity index (χ1v) is 11.5. The molecule has 1 aromatic carbocycles. The molecule has 0 saturated carbocycles. The molecule has 2 aliphatic rings. The van der Waals surface area contributed by atoms with Crippen molar-refractivity contribution in [3.05, 3.63) is 29.6 Å². The number of aliphatic hydroxyl groups is 1. The number of alkyl halides is 3. The Morgan fingerprint density at radius 3 is 2.22 bits per heavy atom. The number of β-amino-alcohol motifs (C(OH)–C–C–N with tert-alkyl or cyclic N) is 1. The third kappa shape index (κ3) is 5.75. The smallest absolute Gasteiger partial charge is 0.418 e. The molecular formula is C24H36F4N2O2. The standard InChI is InChI=1S/C24H36F4N2O2/c1-22(2,20-15-18(25)7-8-21(20)32-3)16-23(31,24(26,27)28)17-29-13-9-19(10-14-29)30-11-5-4-6-12-30/h7-8,15,19,31H,4-6,9-14,16-17H2,1-3H3. The van der Waals surface area contributed by atoms with Crippen LogP contribution in [-0.4, -0.2) is 72.6 Å². The average Bonchev–Trinajstić information content (AvgIpc) is 2.73. The maximum atomic E-state index is 14.1. The molecule has 182 valence electrons. The molecule has 1 unspecified atom stereocenters. The number of ether oxygens (including phenoxy) is 1. The summed E-state index contributed by atoms with van der Waals surface area (Å²) in [6.07, 6.45) is -0.146. The highest BCUT2D eigenvalue weighted by Gasteiger charge is 2.57. The van der Waals surface area contributed by atoms with Gasteiger partial charge in [0.1, 0.15) is 11.6 Å². The van der Waals surface area contributed by atoms with Crippen LogP contribution >= 0.6 is 0 Å². The minimum atomic E-state index is -4.81. The number of hydrogen-bond acceptors (Lipinski definition) is 4. The van der Waals surface area contributed by atoms with Crippen LogP contribution in [0.1, 0.15) is 57.9 Å². The molecule has 2 saturated heterocycles. The number of piperidine rings is 2. The first kappa shape index (κ1) is 25.2. The lowest BCUT2D eigenvalue weighted by atomic mass is 9.74. The minimum absolute atomic E-state index is 0.309. The van der Waals surface area contributed by atoms with Crippen molar-refractivity contribution in [3.8, 4) is 5.75 Å². The van der Waals surface area contributed by atoms with Gasteiger partial charge < -0.3 is 19.6 Å². The van der Waals surface area contributed by atoms with Crippen molar-refractivity contribution in [2.75, 3.05) is 39.8 Å². The topological polar surface area (TPSA) is 35.9 Å². The van der Waals surface area contributed by atoms with Gasteiger partial charge in [-0.2, -0.15) is 13.2 Å². The number of hydrogen-bond donors (Lipinski definition) is 1. The summed E-state index contributed by atoms with van der Waals surface area (Å²) in [5, 5.41) is 10.9. The largest absolute Gasteiger partial charge is 0.496 e. The fraction of sp³-hybridized carbons (Fsp3) is 0.750. The fourth-order valence-corrected chi connectivity index (χ4v) is 5.38. The van der Waals surface area contributed by atoms with Crippen LogP contribution in [0.3, 0.4) is 0 Å². The molecule has 0 bridgehead atoms. The van der Waals surface area contributed by atoms with Crippen molar-refractivity contribution < 1.29 is 27.4 Å². The van der Waals surface area contributed by atoms with E-state index in [2.05, 4.69) is 4.90 Å². The van der Waals surface area contributed by atoms with Crippen LogP contribution in [0, 0.1) is 5.82 Å². The summed E-state index contributed by atoms with van der Waals surface area (Å²) in [6.45, 7) is 5.89. The number of likely N-dealkylation sites (tertiary alicyclic amines) is 2. The summed E-state index contributed by atoms with van der Waals surface area (Å²) >= 11 is 0. The van der Waals surface area contributed by atoms with E-state index >= 15 is 0 Å². The third-order valence-electron chi connectivity index (χ3n) is 7.10. The quantitative estimate of drug-likeness (QED) is 0.596. The molecule has 1 aromatic rings. The van der Waals surface area contributed by atoms with Crippen LogP contribution < -0.4 is 4.74 Å². The summed E-state index contributed by atoms with van der Waals surface area (Å²) < 4.78 is 61.6. The van der Waals surface area contributed by atoms with Gasteiger partial charge in [0.05, 0.1) is 7.11 Å². The second kappa shape index (κ2) is 9.85. The average molecular weight is 461 g/mol. The minimum Gasteiger partial charge on any atom is -0.496 e. The lowest BCUT2D eigenvalue weighted by Crippen LogP contribution is -2.58. The van der Waals surface area contributed by atoms with Crippen molar-refractivity contribution >= 4 is 0 Å². The molecule has 0 aliphatic carbocycles. The van der Waals surface area contributed by atoms with E-state index < -0.39 is 36.0 Å². The van der Waals surface area contributed by atoms with Crippen LogP contribution in [0.4, 0.5) is 17.6 Å². The molecule has 0 amide bonds. The molecule has 2 heterocycles. The van der Waals surface area contributed by atoms with Gasteiger partial charge in [0.15, 0.2) is 5.60 Å². The molecule has 1 atom stereocenters. The molecule has 8 heteroatoms. The Balaban J connectivity index is 1.72. The van der Waals surface area contributed by atoms with Crippen molar-refractivity contribution in [2.24, 2.45) is 0 Å². The Morgan fingerprint density at radius 1 is 1.03 bits per heavy atom. The van der Waals surface area contributed by atoms with Gasteiger partial charge >= 0.3 is 6.18 Å². The fourth-order valence-electron chi connectivity index (χ4n) is 5.38. The van der Waals surface area contributed by atoms with E-state index in [0.29, 0.717) is 30.4 Å². The van der Waals surface area contributed by atoms with E-state index in [4.69, 9.17) is 4.74 Å². The van der Waals surface area contributed by atoms with E-state index in [-0.39, 0.29) is 0 Å². The summed E-state index contributed by atoms with van der Waals surface area (Å²) in [7, 11) is 1.40. The first-order chi connectivity index (χ1) is 14.9. The molecule has 3 rings (SSSR count). The molecule has 4 nitrogen and oxygen atoms in total. The molecule has 0 radical (unpaired) electrons. The highest BCUT2D eigenvalue weighted by molar-refractivity contribution is 5.39. The zero-order chi connectivity index (χ0) is 23.6. The zero-order valence-corrected chi connectivity index (χ0v) is 19.3. The zero-order valence-electron chi connectivity index (χ0n) is 19.3. The molecule has 32 heavy (non-hydrogen) atoms. The lowest BCUT2D eigenvalue weighted by molar-refractivity contribution is -0.272. The van der Waals surface area contributed by atoms with E-state index in [1.54, 1.807) is 18.7 Å². The Morgan fingerprint density at radius 2 is 1.66 bits per heavy atom. The van der Waals surface area contributed by atoms with Crippen molar-refractivity contribution in [3.63, 3.8) is 0 Å². The number of benzene rings is 1. The highest BCUT2D eigenvalue weighted by atomic mass is 19.4. The molecular weight excluding hydrogens is 424 g/mol. The Kier molecular flexibility index (Phi) is 7.77. The maximum absolute atomic E-state index is 14.1. The van der Waals surface area contributed by atoms with Gasteiger partial charge in [-0.1, -0.05) is 20.3 Å². The predicted octanol–water partition coefficient (Wildman–Crippen LogP) is 4.75. The third-order valence-corrected chi connectivity index (χ3v) is 7.10. The molecule has 2 fully saturated rings. The van der Waals surface area contributed by atoms with Gasteiger partial charge in [0, 0.05) is 18.2 Å². The molecule has 1 N–H and O–H groups in total. The first-order valence-electron chi connectivity index (χ1n) is 11.5. The predicted molar refractivity (Wildman–Crippen MR) is 116 cm³/mol. The number of rotatable bonds is 7. The van der Waals surface area contributed by atoms with Crippen LogP contribution in [0.25, 0.3) is 0 Å². The van der Waals surface area contributed by atoms with Gasteiger partial charge in [0.2, 0.25) is 0 Å². The monoisotopic (exact) mass is 460 g/mol. The van der Waals surface area contributed by atoms with Crippen LogP contribution in [-0.2, 0) is 5.41 Å². The summed E-state index contributed by atoms with van der Waals surface area (Å²) in [5.41, 5.74) is -3.76. The normalized spacial score (nSPS) is 22.0. The number of nitrogens with zero attached hydrogens (tertiary/aromatic N) is 2. The highest BCUT2D eigenvalue weighted by Crippen LogP contribution is 2.44. The molecule has 2 aliphatic heterocycles. The van der Waals surface area contributed by atoms with Gasteiger partial charge in [-0.05, 0) is 81.9 Å². The van der Waals surface area contributed by atoms with Gasteiger partial charge in [0.25, 0.3) is 0 Å². The van der Waals surface area contributed by atoms with E-state index in [9.17, 15) is 22.7 Å².